The van der Waals surface area contributed by atoms with Crippen LogP contribution in [0.4, 0.5) is 0 Å². The molecule has 2 aliphatic rings. The average Bonchev–Trinajstić information content (AvgIpc) is 2.54. The topological polar surface area (TPSA) is 32.3 Å². The van der Waals surface area contributed by atoms with Gasteiger partial charge in [0, 0.05) is 19.0 Å². The van der Waals surface area contributed by atoms with E-state index in [0.717, 1.165) is 37.9 Å². The van der Waals surface area contributed by atoms with Gasteiger partial charge in [-0.15, -0.1) is 12.4 Å². The number of carbonyl (C=O) groups excluding carboxylic acids is 1. The predicted molar refractivity (Wildman–Crippen MR) is 100.0 cm³/mol. The fourth-order valence-electron chi connectivity index (χ4n) is 4.32. The van der Waals surface area contributed by atoms with Crippen molar-refractivity contribution in [3.8, 4) is 0 Å². The van der Waals surface area contributed by atoms with Crippen LogP contribution in [0.5, 0.6) is 0 Å². The normalized spacial score (nSPS) is 22.0. The Hall–Kier alpha value is -0.280. The van der Waals surface area contributed by atoms with Crippen molar-refractivity contribution in [2.24, 2.45) is 23.7 Å². The molecule has 0 aromatic rings. The molecule has 1 amide bonds. The second-order valence-corrected chi connectivity index (χ2v) is 7.92. The molecule has 1 N–H and O–H groups in total. The van der Waals surface area contributed by atoms with E-state index in [1.165, 1.54) is 44.9 Å². The molecule has 0 radical (unpaired) electrons. The summed E-state index contributed by atoms with van der Waals surface area (Å²) < 4.78 is 0. The third-order valence-corrected chi connectivity index (χ3v) is 5.85. The summed E-state index contributed by atoms with van der Waals surface area (Å²) in [5.41, 5.74) is 0. The van der Waals surface area contributed by atoms with Gasteiger partial charge in [-0.2, -0.15) is 0 Å². The van der Waals surface area contributed by atoms with Crippen LogP contribution in [0.2, 0.25) is 0 Å². The molecular formula is C19H37ClN2O. The molecule has 4 heteroatoms. The number of nitrogens with zero attached hydrogens (tertiary/aromatic N) is 1. The minimum atomic E-state index is 0. The van der Waals surface area contributed by atoms with Crippen LogP contribution in [0.15, 0.2) is 0 Å². The van der Waals surface area contributed by atoms with Gasteiger partial charge in [-0.1, -0.05) is 46.0 Å². The van der Waals surface area contributed by atoms with Gasteiger partial charge in [0.2, 0.25) is 5.91 Å². The van der Waals surface area contributed by atoms with Gasteiger partial charge < -0.3 is 10.2 Å². The number of likely N-dealkylation sites (tertiary alicyclic amines) is 1. The Morgan fingerprint density at radius 3 is 2.17 bits per heavy atom. The molecule has 1 atom stereocenters. The van der Waals surface area contributed by atoms with Crippen molar-refractivity contribution in [3.63, 3.8) is 0 Å². The van der Waals surface area contributed by atoms with E-state index in [4.69, 9.17) is 0 Å². The third-order valence-electron chi connectivity index (χ3n) is 5.85. The summed E-state index contributed by atoms with van der Waals surface area (Å²) in [6.45, 7) is 7.51. The molecule has 2 rings (SSSR count). The number of rotatable bonds is 6. The van der Waals surface area contributed by atoms with Gasteiger partial charge in [0.1, 0.15) is 0 Å². The number of hydrogen-bond donors (Lipinski definition) is 1. The minimum Gasteiger partial charge on any atom is -0.342 e. The van der Waals surface area contributed by atoms with Crippen molar-refractivity contribution in [2.45, 2.75) is 65.2 Å². The van der Waals surface area contributed by atoms with Gasteiger partial charge in [-0.05, 0) is 50.6 Å². The van der Waals surface area contributed by atoms with Crippen molar-refractivity contribution in [2.75, 3.05) is 26.7 Å². The molecular weight excluding hydrogens is 308 g/mol. The average molecular weight is 345 g/mol. The fourth-order valence-corrected chi connectivity index (χ4v) is 4.32. The fraction of sp³-hybridized carbons (Fsp3) is 0.947. The van der Waals surface area contributed by atoms with Crippen molar-refractivity contribution < 1.29 is 4.79 Å². The first kappa shape index (κ1) is 20.8. The highest BCUT2D eigenvalue weighted by Crippen LogP contribution is 2.33. The summed E-state index contributed by atoms with van der Waals surface area (Å²) in [7, 11) is 2.02. The van der Waals surface area contributed by atoms with Crippen LogP contribution >= 0.6 is 12.4 Å². The summed E-state index contributed by atoms with van der Waals surface area (Å²) in [6, 6.07) is 0. The number of piperidine rings is 1. The van der Waals surface area contributed by atoms with Gasteiger partial charge >= 0.3 is 0 Å². The molecule has 1 saturated heterocycles. The Morgan fingerprint density at radius 2 is 1.65 bits per heavy atom. The first-order valence-corrected chi connectivity index (χ1v) is 9.55. The molecule has 23 heavy (non-hydrogen) atoms. The number of halogens is 1. The summed E-state index contributed by atoms with van der Waals surface area (Å²) in [5, 5.41) is 3.27. The van der Waals surface area contributed by atoms with E-state index >= 15 is 0 Å². The Kier molecular flexibility index (Phi) is 9.53. The number of carbonyl (C=O) groups is 1. The van der Waals surface area contributed by atoms with E-state index in [2.05, 4.69) is 24.1 Å². The number of amides is 1. The largest absolute Gasteiger partial charge is 0.342 e. The highest BCUT2D eigenvalue weighted by Gasteiger charge is 2.32. The Balaban J connectivity index is 0.00000264. The van der Waals surface area contributed by atoms with Gasteiger partial charge in [-0.25, -0.2) is 0 Å². The van der Waals surface area contributed by atoms with E-state index < -0.39 is 0 Å². The Bertz CT molecular complexity index is 334. The molecule has 1 heterocycles. The zero-order valence-corrected chi connectivity index (χ0v) is 16.2. The van der Waals surface area contributed by atoms with E-state index in [0.29, 0.717) is 11.8 Å². The Morgan fingerprint density at radius 1 is 1.04 bits per heavy atom. The molecule has 1 saturated carbocycles. The van der Waals surface area contributed by atoms with Gasteiger partial charge in [0.25, 0.3) is 0 Å². The highest BCUT2D eigenvalue weighted by atomic mass is 35.5. The van der Waals surface area contributed by atoms with E-state index in [-0.39, 0.29) is 18.3 Å². The second-order valence-electron chi connectivity index (χ2n) is 7.92. The smallest absolute Gasteiger partial charge is 0.225 e. The van der Waals surface area contributed by atoms with Crippen molar-refractivity contribution in [1.29, 1.82) is 0 Å². The van der Waals surface area contributed by atoms with E-state index in [1.54, 1.807) is 0 Å². The molecule has 0 bridgehead atoms. The van der Waals surface area contributed by atoms with Crippen LogP contribution < -0.4 is 5.32 Å². The van der Waals surface area contributed by atoms with Gasteiger partial charge in [0.15, 0.2) is 0 Å². The lowest BCUT2D eigenvalue weighted by Crippen LogP contribution is -2.44. The van der Waals surface area contributed by atoms with Gasteiger partial charge in [0.05, 0.1) is 0 Å². The van der Waals surface area contributed by atoms with Gasteiger partial charge in [-0.3, -0.25) is 4.79 Å². The molecule has 2 fully saturated rings. The molecule has 136 valence electrons. The molecule has 1 aliphatic heterocycles. The van der Waals surface area contributed by atoms with Crippen LogP contribution in [0.25, 0.3) is 0 Å². The lowest BCUT2D eigenvalue weighted by molar-refractivity contribution is -0.139. The van der Waals surface area contributed by atoms with E-state index in [1.807, 2.05) is 7.05 Å². The maximum atomic E-state index is 13.0. The monoisotopic (exact) mass is 344 g/mol. The SMILES string of the molecule is CNCC1CCN(C(=O)C(CC2CCCCC2)C(C)C)CC1.Cl. The molecule has 0 spiro atoms. The lowest BCUT2D eigenvalue weighted by Gasteiger charge is -2.36. The van der Waals surface area contributed by atoms with Crippen LogP contribution in [0.3, 0.4) is 0 Å². The molecule has 0 aromatic heterocycles. The predicted octanol–water partition coefficient (Wildman–Crippen LogP) is 4.11. The lowest BCUT2D eigenvalue weighted by atomic mass is 9.78. The van der Waals surface area contributed by atoms with Crippen LogP contribution in [0, 0.1) is 23.7 Å². The van der Waals surface area contributed by atoms with Crippen molar-refractivity contribution in [3.05, 3.63) is 0 Å². The van der Waals surface area contributed by atoms with Crippen molar-refractivity contribution in [1.82, 2.24) is 10.2 Å². The summed E-state index contributed by atoms with van der Waals surface area (Å²) in [6.07, 6.45) is 10.3. The zero-order chi connectivity index (χ0) is 15.9. The summed E-state index contributed by atoms with van der Waals surface area (Å²) in [5.74, 6) is 2.73. The maximum Gasteiger partial charge on any atom is 0.225 e. The minimum absolute atomic E-state index is 0. The zero-order valence-electron chi connectivity index (χ0n) is 15.4. The standard InChI is InChI=1S/C19H36N2O.ClH/c1-15(2)18(13-16-7-5-4-6-8-16)19(22)21-11-9-17(10-12-21)14-20-3;/h15-18,20H,4-14H2,1-3H3;1H. The van der Waals surface area contributed by atoms with Crippen LogP contribution in [0.1, 0.15) is 65.2 Å². The third kappa shape index (κ3) is 6.26. The molecule has 3 nitrogen and oxygen atoms in total. The van der Waals surface area contributed by atoms with Crippen LogP contribution in [-0.4, -0.2) is 37.5 Å². The molecule has 1 unspecified atom stereocenters. The quantitative estimate of drug-likeness (QED) is 0.786. The van der Waals surface area contributed by atoms with Crippen LogP contribution in [-0.2, 0) is 4.79 Å². The molecule has 1 aliphatic carbocycles. The summed E-state index contributed by atoms with van der Waals surface area (Å²) >= 11 is 0. The van der Waals surface area contributed by atoms with Crippen molar-refractivity contribution >= 4 is 18.3 Å². The first-order valence-electron chi connectivity index (χ1n) is 9.55. The Labute approximate surface area is 149 Å². The van der Waals surface area contributed by atoms with E-state index in [9.17, 15) is 4.79 Å². The summed E-state index contributed by atoms with van der Waals surface area (Å²) in [4.78, 5) is 15.2. The first-order chi connectivity index (χ1) is 10.6. The molecule has 0 aromatic carbocycles. The highest BCUT2D eigenvalue weighted by molar-refractivity contribution is 5.85. The maximum absolute atomic E-state index is 13.0. The number of hydrogen-bond acceptors (Lipinski definition) is 2. The number of nitrogens with one attached hydrogen (secondary N) is 1. The second kappa shape index (κ2) is 10.6.